The van der Waals surface area contributed by atoms with Gasteiger partial charge in [0.25, 0.3) is 0 Å². The van der Waals surface area contributed by atoms with E-state index in [1.807, 2.05) is 0 Å². The van der Waals surface area contributed by atoms with Gasteiger partial charge in [-0.05, 0) is 89.9 Å². The van der Waals surface area contributed by atoms with Crippen LogP contribution >= 0.6 is 0 Å². The fourth-order valence-corrected chi connectivity index (χ4v) is 9.26. The molecule has 0 aliphatic rings. The average molecular weight is 957 g/mol. The first-order valence-corrected chi connectivity index (χ1v) is 30.0. The van der Waals surface area contributed by atoms with Gasteiger partial charge < -0.3 is 25.7 Å². The molecule has 0 heterocycles. The van der Waals surface area contributed by atoms with Crippen LogP contribution < -0.4 is 5.32 Å². The smallest absolute Gasteiger partial charge is 0.249 e. The maximum absolute atomic E-state index is 12.6. The molecule has 0 saturated carbocycles. The highest BCUT2D eigenvalue weighted by atomic mass is 16.3. The molecular formula is C62H117NO5. The molecule has 0 spiro atoms. The van der Waals surface area contributed by atoms with Crippen LogP contribution in [0.4, 0.5) is 0 Å². The molecule has 5 N–H and O–H groups in total. The molecule has 0 bridgehead atoms. The van der Waals surface area contributed by atoms with Gasteiger partial charge in [-0.1, -0.05) is 268 Å². The fourth-order valence-electron chi connectivity index (χ4n) is 9.26. The Morgan fingerprint density at radius 1 is 0.353 bits per heavy atom. The number of nitrogens with one attached hydrogen (secondary N) is 1. The monoisotopic (exact) mass is 956 g/mol. The number of rotatable bonds is 55. The van der Waals surface area contributed by atoms with Gasteiger partial charge in [-0.3, -0.25) is 4.79 Å². The van der Waals surface area contributed by atoms with Crippen LogP contribution in [0.2, 0.25) is 0 Å². The van der Waals surface area contributed by atoms with Gasteiger partial charge in [-0.2, -0.15) is 0 Å². The lowest BCUT2D eigenvalue weighted by Gasteiger charge is -2.27. The third-order valence-corrected chi connectivity index (χ3v) is 14.0. The van der Waals surface area contributed by atoms with Crippen molar-refractivity contribution in [2.24, 2.45) is 0 Å². The van der Waals surface area contributed by atoms with Crippen molar-refractivity contribution < 1.29 is 25.2 Å². The maximum Gasteiger partial charge on any atom is 0.249 e. The molecule has 0 aliphatic carbocycles. The van der Waals surface area contributed by atoms with E-state index in [0.717, 1.165) is 51.4 Å². The molecule has 1 amide bonds. The van der Waals surface area contributed by atoms with E-state index < -0.39 is 36.9 Å². The van der Waals surface area contributed by atoms with Gasteiger partial charge in [0.2, 0.25) is 5.91 Å². The van der Waals surface area contributed by atoms with Crippen LogP contribution in [-0.2, 0) is 4.79 Å². The summed E-state index contributed by atoms with van der Waals surface area (Å²) in [5, 5.41) is 43.9. The number of aliphatic hydroxyl groups is 4. The van der Waals surface area contributed by atoms with Crippen molar-refractivity contribution in [3.05, 3.63) is 48.6 Å². The summed E-state index contributed by atoms with van der Waals surface area (Å²) >= 11 is 0. The summed E-state index contributed by atoms with van der Waals surface area (Å²) in [7, 11) is 0. The number of carbonyl (C=O) groups excluding carboxylic acids is 1. The molecule has 6 nitrogen and oxygen atoms in total. The molecule has 0 rings (SSSR count). The van der Waals surface area contributed by atoms with Crippen LogP contribution in [0, 0.1) is 0 Å². The summed E-state index contributed by atoms with van der Waals surface area (Å²) in [5.41, 5.74) is 0. The summed E-state index contributed by atoms with van der Waals surface area (Å²) in [5.74, 6) is -0.597. The van der Waals surface area contributed by atoms with E-state index in [2.05, 4.69) is 67.8 Å². The summed E-state index contributed by atoms with van der Waals surface area (Å²) in [6.07, 6.45) is 72.0. The Bertz CT molecular complexity index is 1120. The highest BCUT2D eigenvalue weighted by Gasteiger charge is 2.28. The van der Waals surface area contributed by atoms with Gasteiger partial charge >= 0.3 is 0 Å². The van der Waals surface area contributed by atoms with E-state index in [0.29, 0.717) is 19.3 Å². The van der Waals surface area contributed by atoms with E-state index in [-0.39, 0.29) is 0 Å². The normalized spacial score (nSPS) is 14.0. The predicted octanol–water partition coefficient (Wildman–Crippen LogP) is 17.8. The maximum atomic E-state index is 12.6. The lowest BCUT2D eigenvalue weighted by atomic mass is 10.00. The van der Waals surface area contributed by atoms with Gasteiger partial charge in [0.15, 0.2) is 0 Å². The Balaban J connectivity index is 3.60. The number of aliphatic hydroxyl groups excluding tert-OH is 4. The van der Waals surface area contributed by atoms with E-state index >= 15 is 0 Å². The molecule has 6 heteroatoms. The summed E-state index contributed by atoms with van der Waals surface area (Å²) in [4.78, 5) is 12.6. The Kier molecular flexibility index (Phi) is 54.8. The number of unbranched alkanes of at least 4 members (excludes halogenated alkanes) is 38. The molecule has 4 unspecified atom stereocenters. The Labute approximate surface area is 423 Å². The molecule has 0 aliphatic heterocycles. The molecule has 0 aromatic rings. The lowest BCUT2D eigenvalue weighted by molar-refractivity contribution is -0.132. The summed E-state index contributed by atoms with van der Waals surface area (Å²) in [6.45, 7) is 4.05. The Hall–Kier alpha value is -1.73. The number of hydrogen-bond donors (Lipinski definition) is 5. The van der Waals surface area contributed by atoms with Crippen LogP contribution in [0.25, 0.3) is 0 Å². The second kappa shape index (κ2) is 56.2. The van der Waals surface area contributed by atoms with E-state index in [9.17, 15) is 25.2 Å². The molecule has 68 heavy (non-hydrogen) atoms. The van der Waals surface area contributed by atoms with Crippen LogP contribution in [-0.4, -0.2) is 57.3 Å². The van der Waals surface area contributed by atoms with Gasteiger partial charge in [0.1, 0.15) is 12.2 Å². The van der Waals surface area contributed by atoms with Crippen molar-refractivity contribution >= 4 is 5.91 Å². The third-order valence-electron chi connectivity index (χ3n) is 14.0. The second-order valence-electron chi connectivity index (χ2n) is 20.7. The molecule has 0 fully saturated rings. The van der Waals surface area contributed by atoms with Crippen LogP contribution in [0.1, 0.15) is 309 Å². The minimum atomic E-state index is -1.29. The van der Waals surface area contributed by atoms with Crippen molar-refractivity contribution in [2.75, 3.05) is 6.61 Å². The molecule has 400 valence electrons. The molecule has 0 aromatic heterocycles. The minimum Gasteiger partial charge on any atom is -0.394 e. The van der Waals surface area contributed by atoms with E-state index in [1.54, 1.807) is 0 Å². The number of carbonyl (C=O) groups is 1. The highest BCUT2D eigenvalue weighted by molar-refractivity contribution is 5.80. The number of allylic oxidation sites excluding steroid dienone is 8. The van der Waals surface area contributed by atoms with Gasteiger partial charge in [0, 0.05) is 0 Å². The number of amides is 1. The zero-order chi connectivity index (χ0) is 49.5. The van der Waals surface area contributed by atoms with Crippen molar-refractivity contribution in [1.82, 2.24) is 5.32 Å². The first kappa shape index (κ1) is 66.3. The van der Waals surface area contributed by atoms with Crippen LogP contribution in [0.15, 0.2) is 48.6 Å². The Morgan fingerprint density at radius 3 is 0.926 bits per heavy atom. The Morgan fingerprint density at radius 2 is 0.618 bits per heavy atom. The molecule has 0 saturated heterocycles. The summed E-state index contributed by atoms with van der Waals surface area (Å²) < 4.78 is 0. The molecule has 0 radical (unpaired) electrons. The zero-order valence-corrected chi connectivity index (χ0v) is 45.4. The lowest BCUT2D eigenvalue weighted by Crippen LogP contribution is -2.53. The largest absolute Gasteiger partial charge is 0.394 e. The first-order valence-electron chi connectivity index (χ1n) is 30.0. The third kappa shape index (κ3) is 49.3. The molecular weight excluding hydrogens is 839 g/mol. The standard InChI is InChI=1S/C62H117NO5/c1-3-5-7-9-11-13-15-17-19-21-23-24-25-26-27-28-29-30-31-32-33-34-35-36-37-38-40-42-44-46-48-50-52-54-56-60(66)62(68)63-58(57-64)61(67)59(65)55-53-51-49-47-45-43-41-39-22-20-18-16-14-12-10-8-6-4-2/h16,18,28-29,39,41,47,49,58-61,64-67H,3-15,17,19-27,30-38,40,42-46,48,50-57H2,1-2H3,(H,63,68)/b18-16+,29-28-,41-39+,49-47+. The van der Waals surface area contributed by atoms with Crippen LogP contribution in [0.5, 0.6) is 0 Å². The number of hydrogen-bond acceptors (Lipinski definition) is 5. The van der Waals surface area contributed by atoms with Crippen molar-refractivity contribution in [3.8, 4) is 0 Å². The predicted molar refractivity (Wildman–Crippen MR) is 297 cm³/mol. The zero-order valence-electron chi connectivity index (χ0n) is 45.4. The highest BCUT2D eigenvalue weighted by Crippen LogP contribution is 2.17. The minimum absolute atomic E-state index is 0.359. The van der Waals surface area contributed by atoms with Crippen molar-refractivity contribution in [3.63, 3.8) is 0 Å². The van der Waals surface area contributed by atoms with Crippen molar-refractivity contribution in [2.45, 2.75) is 334 Å². The summed E-state index contributed by atoms with van der Waals surface area (Å²) in [6, 6.07) is -1.01. The SMILES string of the molecule is CCCCCCC/C=C/CC/C=C/CC/C=C/CCCC(O)C(O)C(CO)NC(=O)C(O)CCCCCCCCCCCCCCCCCC/C=C\CCCCCCCCCCCCCCCC. The van der Waals surface area contributed by atoms with E-state index in [1.165, 1.54) is 225 Å². The van der Waals surface area contributed by atoms with Gasteiger partial charge in [0.05, 0.1) is 18.8 Å². The second-order valence-corrected chi connectivity index (χ2v) is 20.7. The molecule has 4 atom stereocenters. The van der Waals surface area contributed by atoms with Crippen LogP contribution in [0.3, 0.4) is 0 Å². The van der Waals surface area contributed by atoms with Gasteiger partial charge in [-0.25, -0.2) is 0 Å². The van der Waals surface area contributed by atoms with Crippen molar-refractivity contribution in [1.29, 1.82) is 0 Å². The fraction of sp³-hybridized carbons (Fsp3) is 0.855. The average Bonchev–Trinajstić information content (AvgIpc) is 3.34. The van der Waals surface area contributed by atoms with E-state index in [4.69, 9.17) is 0 Å². The topological polar surface area (TPSA) is 110 Å². The van der Waals surface area contributed by atoms with Gasteiger partial charge in [-0.15, -0.1) is 0 Å². The first-order chi connectivity index (χ1) is 33.5. The quantitative estimate of drug-likeness (QED) is 0.0308. The molecule has 0 aromatic carbocycles.